The van der Waals surface area contributed by atoms with Crippen LogP contribution in [0.2, 0.25) is 0 Å². The Morgan fingerprint density at radius 2 is 2.18 bits per heavy atom. The maximum atomic E-state index is 11.6. The summed E-state index contributed by atoms with van der Waals surface area (Å²) < 4.78 is 0.910. The van der Waals surface area contributed by atoms with Crippen LogP contribution < -0.4 is 5.32 Å². The molecule has 4 heteroatoms. The van der Waals surface area contributed by atoms with E-state index in [1.807, 2.05) is 6.07 Å². The third-order valence-corrected chi connectivity index (χ3v) is 2.90. The van der Waals surface area contributed by atoms with Gasteiger partial charge in [0.25, 0.3) is 0 Å². The number of pyridine rings is 1. The van der Waals surface area contributed by atoms with E-state index in [0.29, 0.717) is 18.2 Å². The molecular formula is C13H19BrN2O. The van der Waals surface area contributed by atoms with Crippen LogP contribution in [0.15, 0.2) is 22.8 Å². The average molecular weight is 299 g/mol. The van der Waals surface area contributed by atoms with Crippen molar-refractivity contribution in [1.82, 2.24) is 4.98 Å². The number of amides is 1. The summed E-state index contributed by atoms with van der Waals surface area (Å²) in [6, 6.07) is 3.65. The molecule has 1 amide bonds. The molecule has 0 aromatic carbocycles. The SMILES string of the molecule is CC(C)CCCCC(=O)Nc1ccc(Br)cn1. The van der Waals surface area contributed by atoms with Gasteiger partial charge in [-0.05, 0) is 40.4 Å². The molecule has 0 saturated heterocycles. The minimum atomic E-state index is 0.0450. The molecule has 0 aliphatic rings. The molecule has 0 spiro atoms. The first kappa shape index (κ1) is 14.2. The quantitative estimate of drug-likeness (QED) is 0.807. The Morgan fingerprint density at radius 3 is 2.76 bits per heavy atom. The van der Waals surface area contributed by atoms with Gasteiger partial charge in [0, 0.05) is 17.1 Å². The van der Waals surface area contributed by atoms with E-state index >= 15 is 0 Å². The van der Waals surface area contributed by atoms with Gasteiger partial charge < -0.3 is 5.32 Å². The Balaban J connectivity index is 2.23. The Bertz CT molecular complexity index is 349. The Morgan fingerprint density at radius 1 is 1.41 bits per heavy atom. The van der Waals surface area contributed by atoms with Gasteiger partial charge in [0.05, 0.1) is 0 Å². The van der Waals surface area contributed by atoms with Crippen LogP contribution in [0.25, 0.3) is 0 Å². The number of unbranched alkanes of at least 4 members (excludes halogenated alkanes) is 1. The predicted octanol–water partition coefficient (Wildman–Crippen LogP) is 4.00. The molecule has 0 saturated carbocycles. The topological polar surface area (TPSA) is 42.0 Å². The molecule has 3 nitrogen and oxygen atoms in total. The number of halogens is 1. The fourth-order valence-electron chi connectivity index (χ4n) is 1.49. The summed E-state index contributed by atoms with van der Waals surface area (Å²) in [6.45, 7) is 4.40. The summed E-state index contributed by atoms with van der Waals surface area (Å²) in [4.78, 5) is 15.7. The van der Waals surface area contributed by atoms with E-state index < -0.39 is 0 Å². The largest absolute Gasteiger partial charge is 0.311 e. The molecule has 94 valence electrons. The van der Waals surface area contributed by atoms with E-state index in [0.717, 1.165) is 17.3 Å². The van der Waals surface area contributed by atoms with Crippen LogP contribution in [0.3, 0.4) is 0 Å². The number of rotatable bonds is 6. The van der Waals surface area contributed by atoms with Crippen LogP contribution in [0.1, 0.15) is 39.5 Å². The molecule has 17 heavy (non-hydrogen) atoms. The first-order chi connectivity index (χ1) is 8.08. The van der Waals surface area contributed by atoms with Gasteiger partial charge in [-0.25, -0.2) is 4.98 Å². The smallest absolute Gasteiger partial charge is 0.225 e. The molecule has 0 aliphatic carbocycles. The summed E-state index contributed by atoms with van der Waals surface area (Å²) in [5.41, 5.74) is 0. The lowest BCUT2D eigenvalue weighted by Crippen LogP contribution is -2.12. The highest BCUT2D eigenvalue weighted by molar-refractivity contribution is 9.10. The molecule has 1 aromatic heterocycles. The van der Waals surface area contributed by atoms with Crippen molar-refractivity contribution in [2.75, 3.05) is 5.32 Å². The number of carbonyl (C=O) groups excluding carboxylic acids is 1. The lowest BCUT2D eigenvalue weighted by atomic mass is 10.1. The first-order valence-corrected chi connectivity index (χ1v) is 6.78. The molecule has 0 aliphatic heterocycles. The molecular weight excluding hydrogens is 280 g/mol. The number of hydrogen-bond acceptors (Lipinski definition) is 2. The maximum Gasteiger partial charge on any atom is 0.225 e. The number of anilines is 1. The fourth-order valence-corrected chi connectivity index (χ4v) is 1.73. The predicted molar refractivity (Wildman–Crippen MR) is 73.9 cm³/mol. The van der Waals surface area contributed by atoms with Crippen molar-refractivity contribution in [1.29, 1.82) is 0 Å². The van der Waals surface area contributed by atoms with Crippen molar-refractivity contribution >= 4 is 27.7 Å². The van der Waals surface area contributed by atoms with E-state index in [4.69, 9.17) is 0 Å². The zero-order valence-corrected chi connectivity index (χ0v) is 12.0. The minimum Gasteiger partial charge on any atom is -0.311 e. The van der Waals surface area contributed by atoms with E-state index in [2.05, 4.69) is 40.1 Å². The molecule has 0 atom stereocenters. The van der Waals surface area contributed by atoms with Gasteiger partial charge in [-0.3, -0.25) is 4.79 Å². The number of carbonyl (C=O) groups is 1. The fraction of sp³-hybridized carbons (Fsp3) is 0.538. The molecule has 0 fully saturated rings. The summed E-state index contributed by atoms with van der Waals surface area (Å²) in [5, 5.41) is 2.79. The summed E-state index contributed by atoms with van der Waals surface area (Å²) in [5.74, 6) is 1.37. The maximum absolute atomic E-state index is 11.6. The third-order valence-electron chi connectivity index (χ3n) is 2.43. The highest BCUT2D eigenvalue weighted by atomic mass is 79.9. The standard InChI is InChI=1S/C13H19BrN2O/c1-10(2)5-3-4-6-13(17)16-12-8-7-11(14)9-15-12/h7-10H,3-6H2,1-2H3,(H,15,16,17). The third kappa shape index (κ3) is 6.41. The van der Waals surface area contributed by atoms with Crippen molar-refractivity contribution in [2.45, 2.75) is 39.5 Å². The van der Waals surface area contributed by atoms with Gasteiger partial charge in [0.2, 0.25) is 5.91 Å². The molecule has 1 N–H and O–H groups in total. The van der Waals surface area contributed by atoms with E-state index in [9.17, 15) is 4.79 Å². The van der Waals surface area contributed by atoms with Crippen LogP contribution in [-0.4, -0.2) is 10.9 Å². The van der Waals surface area contributed by atoms with Gasteiger partial charge in [0.15, 0.2) is 0 Å². The van der Waals surface area contributed by atoms with Crippen molar-refractivity contribution in [2.24, 2.45) is 5.92 Å². The van der Waals surface area contributed by atoms with Crippen molar-refractivity contribution in [3.63, 3.8) is 0 Å². The van der Waals surface area contributed by atoms with Crippen LogP contribution in [0.4, 0.5) is 5.82 Å². The number of hydrogen-bond donors (Lipinski definition) is 1. The second-order valence-electron chi connectivity index (χ2n) is 4.55. The van der Waals surface area contributed by atoms with Gasteiger partial charge in [-0.2, -0.15) is 0 Å². The Hall–Kier alpha value is -0.900. The van der Waals surface area contributed by atoms with E-state index in [1.165, 1.54) is 6.42 Å². The molecule has 0 unspecified atom stereocenters. The number of nitrogens with zero attached hydrogens (tertiary/aromatic N) is 1. The van der Waals surface area contributed by atoms with Crippen LogP contribution in [0, 0.1) is 5.92 Å². The molecule has 1 rings (SSSR count). The average Bonchev–Trinajstić information content (AvgIpc) is 2.27. The van der Waals surface area contributed by atoms with Crippen molar-refractivity contribution < 1.29 is 4.79 Å². The van der Waals surface area contributed by atoms with Gasteiger partial charge >= 0.3 is 0 Å². The molecule has 1 aromatic rings. The van der Waals surface area contributed by atoms with Crippen LogP contribution in [0.5, 0.6) is 0 Å². The van der Waals surface area contributed by atoms with E-state index in [1.54, 1.807) is 12.3 Å². The normalized spacial score (nSPS) is 10.6. The Kier molecular flexibility index (Phi) is 6.19. The zero-order chi connectivity index (χ0) is 12.7. The summed E-state index contributed by atoms with van der Waals surface area (Å²) in [6.07, 6.45) is 5.49. The highest BCUT2D eigenvalue weighted by Crippen LogP contribution is 2.12. The van der Waals surface area contributed by atoms with E-state index in [-0.39, 0.29) is 5.91 Å². The first-order valence-electron chi connectivity index (χ1n) is 5.99. The van der Waals surface area contributed by atoms with Gasteiger partial charge in [0.1, 0.15) is 5.82 Å². The minimum absolute atomic E-state index is 0.0450. The second-order valence-corrected chi connectivity index (χ2v) is 5.47. The lowest BCUT2D eigenvalue weighted by molar-refractivity contribution is -0.116. The van der Waals surface area contributed by atoms with Crippen LogP contribution in [-0.2, 0) is 4.79 Å². The number of aromatic nitrogens is 1. The molecule has 0 bridgehead atoms. The lowest BCUT2D eigenvalue weighted by Gasteiger charge is -2.05. The highest BCUT2D eigenvalue weighted by Gasteiger charge is 2.03. The van der Waals surface area contributed by atoms with Crippen LogP contribution >= 0.6 is 15.9 Å². The Labute approximate surface area is 111 Å². The molecule has 1 heterocycles. The summed E-state index contributed by atoms with van der Waals surface area (Å²) >= 11 is 3.30. The monoisotopic (exact) mass is 298 g/mol. The van der Waals surface area contributed by atoms with Gasteiger partial charge in [-0.15, -0.1) is 0 Å². The molecule has 0 radical (unpaired) electrons. The zero-order valence-electron chi connectivity index (χ0n) is 10.4. The second kappa shape index (κ2) is 7.43. The summed E-state index contributed by atoms with van der Waals surface area (Å²) in [7, 11) is 0. The van der Waals surface area contributed by atoms with Crippen molar-refractivity contribution in [3.8, 4) is 0 Å². The van der Waals surface area contributed by atoms with Crippen molar-refractivity contribution in [3.05, 3.63) is 22.8 Å². The number of nitrogens with one attached hydrogen (secondary N) is 1. The van der Waals surface area contributed by atoms with Gasteiger partial charge in [-0.1, -0.05) is 26.7 Å².